The molecular formula is C43H28NOP. The second kappa shape index (κ2) is 11.1. The molecule has 0 unspecified atom stereocenters. The zero-order chi connectivity index (χ0) is 30.5. The van der Waals surface area contributed by atoms with Crippen molar-refractivity contribution in [1.82, 2.24) is 4.98 Å². The van der Waals surface area contributed by atoms with E-state index in [1.165, 1.54) is 26.9 Å². The van der Waals surface area contributed by atoms with Gasteiger partial charge in [0.15, 0.2) is 5.58 Å². The fourth-order valence-electron chi connectivity index (χ4n) is 6.67. The van der Waals surface area contributed by atoms with Crippen LogP contribution in [0.5, 0.6) is 0 Å². The van der Waals surface area contributed by atoms with Crippen LogP contribution in [-0.2, 0) is 0 Å². The molecule has 2 aromatic heterocycles. The quantitative estimate of drug-likeness (QED) is 0.144. The summed E-state index contributed by atoms with van der Waals surface area (Å²) in [6.07, 6.45) is 0. The Balaban J connectivity index is 1.19. The second-order valence-electron chi connectivity index (χ2n) is 11.6. The van der Waals surface area contributed by atoms with Crippen LogP contribution in [0, 0.1) is 0 Å². The van der Waals surface area contributed by atoms with E-state index < -0.39 is 7.92 Å². The van der Waals surface area contributed by atoms with Crippen molar-refractivity contribution in [1.29, 1.82) is 0 Å². The van der Waals surface area contributed by atoms with Crippen LogP contribution in [0.3, 0.4) is 0 Å². The van der Waals surface area contributed by atoms with Crippen molar-refractivity contribution in [3.05, 3.63) is 170 Å². The van der Waals surface area contributed by atoms with Gasteiger partial charge in [0.05, 0.1) is 5.52 Å². The van der Waals surface area contributed by atoms with Gasteiger partial charge in [-0.15, -0.1) is 0 Å². The van der Waals surface area contributed by atoms with Crippen LogP contribution >= 0.6 is 7.92 Å². The summed E-state index contributed by atoms with van der Waals surface area (Å²) >= 11 is 0. The number of pyridine rings is 1. The number of rotatable bonds is 5. The zero-order valence-electron chi connectivity index (χ0n) is 25.0. The summed E-state index contributed by atoms with van der Waals surface area (Å²) in [5.74, 6) is 0. The van der Waals surface area contributed by atoms with Crippen LogP contribution in [0.15, 0.2) is 174 Å². The Bertz CT molecular complexity index is 2480. The molecule has 2 nitrogen and oxygen atoms in total. The van der Waals surface area contributed by atoms with Gasteiger partial charge in [-0.25, -0.2) is 4.98 Å². The van der Waals surface area contributed by atoms with Crippen molar-refractivity contribution in [3.8, 4) is 22.4 Å². The van der Waals surface area contributed by atoms with Gasteiger partial charge >= 0.3 is 0 Å². The van der Waals surface area contributed by atoms with Gasteiger partial charge < -0.3 is 4.42 Å². The molecule has 216 valence electrons. The number of fused-ring (bicyclic) bond motifs is 7. The van der Waals surface area contributed by atoms with Crippen molar-refractivity contribution in [2.45, 2.75) is 0 Å². The third-order valence-corrected chi connectivity index (χ3v) is 11.3. The maximum Gasteiger partial charge on any atom is 0.162 e. The lowest BCUT2D eigenvalue weighted by Gasteiger charge is -2.19. The third kappa shape index (κ3) is 4.50. The first-order valence-corrected chi connectivity index (χ1v) is 16.9. The first kappa shape index (κ1) is 26.8. The molecule has 7 aromatic carbocycles. The smallest absolute Gasteiger partial charge is 0.162 e. The number of nitrogens with zero attached hydrogens (tertiary/aromatic N) is 1. The molecule has 46 heavy (non-hydrogen) atoms. The first-order chi connectivity index (χ1) is 22.8. The van der Waals surface area contributed by atoms with E-state index in [1.807, 2.05) is 12.1 Å². The summed E-state index contributed by atoms with van der Waals surface area (Å²) < 4.78 is 6.57. The van der Waals surface area contributed by atoms with Crippen LogP contribution in [0.2, 0.25) is 0 Å². The number of benzene rings is 7. The van der Waals surface area contributed by atoms with Crippen LogP contribution in [0.1, 0.15) is 0 Å². The van der Waals surface area contributed by atoms with E-state index in [0.29, 0.717) is 0 Å². The summed E-state index contributed by atoms with van der Waals surface area (Å²) in [7, 11) is -0.654. The normalized spacial score (nSPS) is 11.7. The molecule has 0 atom stereocenters. The van der Waals surface area contributed by atoms with Crippen LogP contribution < -0.4 is 15.9 Å². The Kier molecular flexibility index (Phi) is 6.47. The summed E-state index contributed by atoms with van der Waals surface area (Å²) in [6.45, 7) is 0. The van der Waals surface area contributed by atoms with E-state index in [1.54, 1.807) is 0 Å². The third-order valence-electron chi connectivity index (χ3n) is 8.83. The topological polar surface area (TPSA) is 26.0 Å². The van der Waals surface area contributed by atoms with E-state index in [4.69, 9.17) is 9.40 Å². The molecule has 0 aliphatic rings. The summed E-state index contributed by atoms with van der Waals surface area (Å²) in [5.41, 5.74) is 6.93. The Labute approximate surface area is 268 Å². The molecule has 9 aromatic rings. The molecule has 0 radical (unpaired) electrons. The summed E-state index contributed by atoms with van der Waals surface area (Å²) in [6, 6.07) is 60.7. The predicted molar refractivity (Wildman–Crippen MR) is 196 cm³/mol. The predicted octanol–water partition coefficient (Wildman–Crippen LogP) is 10.4. The minimum atomic E-state index is -0.654. The van der Waals surface area contributed by atoms with Crippen LogP contribution in [0.4, 0.5) is 0 Å². The molecule has 0 saturated carbocycles. The maximum absolute atomic E-state index is 6.57. The lowest BCUT2D eigenvalue weighted by atomic mass is 9.98. The Morgan fingerprint density at radius 1 is 0.435 bits per heavy atom. The van der Waals surface area contributed by atoms with Gasteiger partial charge in [-0.2, -0.15) is 0 Å². The number of hydrogen-bond acceptors (Lipinski definition) is 2. The minimum Gasteiger partial charge on any atom is -0.454 e. The number of furan rings is 1. The van der Waals surface area contributed by atoms with Gasteiger partial charge in [-0.1, -0.05) is 158 Å². The molecule has 0 aliphatic heterocycles. The van der Waals surface area contributed by atoms with Crippen molar-refractivity contribution in [2.75, 3.05) is 0 Å². The zero-order valence-corrected chi connectivity index (χ0v) is 25.9. The van der Waals surface area contributed by atoms with E-state index in [0.717, 1.165) is 55.0 Å². The standard InChI is InChI=1S/C43H28NOP/c1-3-15-33(16-4-1)46(34-17-5-2-6-18-34)35-25-22-29(23-26-35)31-13-11-14-32(28-31)41-43-40(37-20-9-10-21-39(37)45-43)38-27-24-30-12-7-8-19-36(30)42(38)44-41/h1-28H. The van der Waals surface area contributed by atoms with Gasteiger partial charge in [0.25, 0.3) is 0 Å². The molecule has 0 aliphatic carbocycles. The highest BCUT2D eigenvalue weighted by atomic mass is 31.1. The Morgan fingerprint density at radius 2 is 1.07 bits per heavy atom. The highest BCUT2D eigenvalue weighted by Crippen LogP contribution is 2.41. The van der Waals surface area contributed by atoms with Gasteiger partial charge in [-0.3, -0.25) is 0 Å². The summed E-state index contributed by atoms with van der Waals surface area (Å²) in [4.78, 5) is 5.35. The molecule has 0 spiro atoms. The molecular weight excluding hydrogens is 577 g/mol. The fourth-order valence-corrected chi connectivity index (χ4v) is 8.95. The van der Waals surface area contributed by atoms with Gasteiger partial charge in [0.1, 0.15) is 11.3 Å². The van der Waals surface area contributed by atoms with E-state index in [-0.39, 0.29) is 0 Å². The van der Waals surface area contributed by atoms with E-state index in [9.17, 15) is 0 Å². The molecule has 0 fully saturated rings. The van der Waals surface area contributed by atoms with E-state index >= 15 is 0 Å². The van der Waals surface area contributed by atoms with Crippen molar-refractivity contribution < 1.29 is 4.42 Å². The highest BCUT2D eigenvalue weighted by Gasteiger charge is 2.20. The second-order valence-corrected chi connectivity index (χ2v) is 13.8. The van der Waals surface area contributed by atoms with Crippen LogP contribution in [0.25, 0.3) is 66.0 Å². The molecule has 0 bridgehead atoms. The molecule has 9 rings (SSSR count). The van der Waals surface area contributed by atoms with Crippen LogP contribution in [-0.4, -0.2) is 4.98 Å². The molecule has 0 N–H and O–H groups in total. The summed E-state index contributed by atoms with van der Waals surface area (Å²) in [5, 5.41) is 9.70. The molecule has 0 amide bonds. The lowest BCUT2D eigenvalue weighted by molar-refractivity contribution is 0.669. The van der Waals surface area contributed by atoms with Crippen molar-refractivity contribution in [3.63, 3.8) is 0 Å². The lowest BCUT2D eigenvalue weighted by Crippen LogP contribution is -2.20. The number of hydrogen-bond donors (Lipinski definition) is 0. The van der Waals surface area contributed by atoms with Crippen molar-refractivity contribution >= 4 is 67.4 Å². The van der Waals surface area contributed by atoms with Gasteiger partial charge in [0.2, 0.25) is 0 Å². The highest BCUT2D eigenvalue weighted by molar-refractivity contribution is 7.79. The number of para-hydroxylation sites is 1. The Hall–Kier alpha value is -5.56. The fraction of sp³-hybridized carbons (Fsp3) is 0. The molecule has 3 heteroatoms. The largest absolute Gasteiger partial charge is 0.454 e. The average Bonchev–Trinajstić information content (AvgIpc) is 3.53. The monoisotopic (exact) mass is 605 g/mol. The van der Waals surface area contributed by atoms with Crippen molar-refractivity contribution in [2.24, 2.45) is 0 Å². The van der Waals surface area contributed by atoms with Gasteiger partial charge in [-0.05, 0) is 52.5 Å². The minimum absolute atomic E-state index is 0.654. The number of aromatic nitrogens is 1. The SMILES string of the molecule is c1ccc(P(c2ccccc2)c2ccc(-c3cccc(-c4nc5c6ccccc6ccc5c5c4oc4ccccc45)c3)cc2)cc1. The van der Waals surface area contributed by atoms with E-state index in [2.05, 4.69) is 158 Å². The van der Waals surface area contributed by atoms with Gasteiger partial charge in [0, 0.05) is 27.1 Å². The molecule has 0 saturated heterocycles. The maximum atomic E-state index is 6.57. The average molecular weight is 606 g/mol. The molecule has 2 heterocycles. The Morgan fingerprint density at radius 3 is 1.83 bits per heavy atom. The first-order valence-electron chi connectivity index (χ1n) is 15.6.